The number of para-hydroxylation sites is 1. The second kappa shape index (κ2) is 9.06. The molecular weight excluding hydrogens is 439 g/mol. The second-order valence-corrected chi connectivity index (χ2v) is 8.50. The van der Waals surface area contributed by atoms with E-state index in [2.05, 4.69) is 39.4 Å². The number of aromatic nitrogens is 2. The molecule has 5 rings (SSSR count). The van der Waals surface area contributed by atoms with E-state index in [9.17, 15) is 9.18 Å². The molecule has 5 nitrogen and oxygen atoms in total. The number of carbonyl (C=O) groups excluding carboxylic acids is 1. The number of hydrazone groups is 1. The number of carbonyl (C=O) groups is 1. The highest BCUT2D eigenvalue weighted by Crippen LogP contribution is 2.31. The summed E-state index contributed by atoms with van der Waals surface area (Å²) in [4.78, 5) is 13.0. The molecule has 0 atom stereocenters. The van der Waals surface area contributed by atoms with E-state index in [1.807, 2.05) is 61.9 Å². The van der Waals surface area contributed by atoms with Crippen molar-refractivity contribution in [1.29, 1.82) is 0 Å². The fourth-order valence-corrected chi connectivity index (χ4v) is 4.69. The van der Waals surface area contributed by atoms with Crippen molar-refractivity contribution in [2.45, 2.75) is 13.8 Å². The molecule has 0 spiro atoms. The lowest BCUT2D eigenvalue weighted by Gasteiger charge is -2.09. The number of halogens is 1. The normalized spacial score (nSPS) is 11.4. The van der Waals surface area contributed by atoms with E-state index >= 15 is 0 Å². The first kappa shape index (κ1) is 22.3. The standard InChI is InChI=1S/C29H25FN4O/c1-19-17-25(20(2)34(19)23-15-13-22(30)14-16-23)29(35)32-31-18-26-24-11-7-8-12-27(24)33(3)28(26)21-9-5-4-6-10-21/h4-18H,1-3H3,(H,32,35)/b31-18+. The zero-order valence-electron chi connectivity index (χ0n) is 19.8. The fraction of sp³-hybridized carbons (Fsp3) is 0.103. The molecule has 1 N–H and O–H groups in total. The van der Waals surface area contributed by atoms with Gasteiger partial charge < -0.3 is 9.13 Å². The summed E-state index contributed by atoms with van der Waals surface area (Å²) in [7, 11) is 2.03. The first-order chi connectivity index (χ1) is 17.0. The van der Waals surface area contributed by atoms with Crippen molar-refractivity contribution >= 4 is 23.0 Å². The topological polar surface area (TPSA) is 51.3 Å². The van der Waals surface area contributed by atoms with Crippen molar-refractivity contribution in [2.75, 3.05) is 0 Å². The molecule has 2 aromatic heterocycles. The van der Waals surface area contributed by atoms with E-state index in [1.165, 1.54) is 12.1 Å². The van der Waals surface area contributed by atoms with Crippen LogP contribution < -0.4 is 5.43 Å². The lowest BCUT2D eigenvalue weighted by molar-refractivity contribution is 0.0954. The molecule has 0 aliphatic heterocycles. The predicted octanol–water partition coefficient (Wildman–Crippen LogP) is 6.16. The SMILES string of the molecule is Cc1cc(C(=O)N/N=C/c2c(-c3ccccc3)n(C)c3ccccc23)c(C)n1-c1ccc(F)cc1. The van der Waals surface area contributed by atoms with Crippen molar-refractivity contribution < 1.29 is 9.18 Å². The van der Waals surface area contributed by atoms with Gasteiger partial charge in [0.2, 0.25) is 0 Å². The lowest BCUT2D eigenvalue weighted by Crippen LogP contribution is -2.18. The summed E-state index contributed by atoms with van der Waals surface area (Å²) in [5, 5.41) is 5.39. The first-order valence-corrected chi connectivity index (χ1v) is 11.4. The van der Waals surface area contributed by atoms with Gasteiger partial charge in [-0.05, 0) is 55.8 Å². The molecule has 2 heterocycles. The minimum Gasteiger partial charge on any atom is -0.343 e. The highest BCUT2D eigenvalue weighted by atomic mass is 19.1. The Morgan fingerprint density at radius 3 is 2.37 bits per heavy atom. The van der Waals surface area contributed by atoms with Crippen molar-refractivity contribution in [3.05, 3.63) is 113 Å². The monoisotopic (exact) mass is 464 g/mol. The Hall–Kier alpha value is -4.45. The molecule has 0 fully saturated rings. The minimum absolute atomic E-state index is 0.299. The highest BCUT2D eigenvalue weighted by Gasteiger charge is 2.18. The highest BCUT2D eigenvalue weighted by molar-refractivity contribution is 6.07. The van der Waals surface area contributed by atoms with Crippen LogP contribution in [0, 0.1) is 19.7 Å². The Balaban J connectivity index is 1.47. The second-order valence-electron chi connectivity index (χ2n) is 8.50. The fourth-order valence-electron chi connectivity index (χ4n) is 4.69. The van der Waals surface area contributed by atoms with E-state index in [0.29, 0.717) is 5.56 Å². The minimum atomic E-state index is -0.302. The number of aryl methyl sites for hydroxylation is 2. The van der Waals surface area contributed by atoms with E-state index in [0.717, 1.165) is 44.8 Å². The number of nitrogens with zero attached hydrogens (tertiary/aromatic N) is 3. The van der Waals surface area contributed by atoms with Gasteiger partial charge in [0.15, 0.2) is 0 Å². The molecule has 0 aliphatic rings. The third kappa shape index (κ3) is 4.04. The number of amides is 1. The van der Waals surface area contributed by atoms with Crippen molar-refractivity contribution in [3.63, 3.8) is 0 Å². The molecule has 174 valence electrons. The summed E-state index contributed by atoms with van der Waals surface area (Å²) in [6.45, 7) is 3.78. The maximum Gasteiger partial charge on any atom is 0.273 e. The molecule has 0 bridgehead atoms. The molecule has 0 aliphatic carbocycles. The average Bonchev–Trinajstić information content (AvgIpc) is 3.33. The summed E-state index contributed by atoms with van der Waals surface area (Å²) in [6, 6.07) is 26.3. The Bertz CT molecular complexity index is 1560. The summed E-state index contributed by atoms with van der Waals surface area (Å²) in [5.41, 5.74) is 9.77. The molecule has 1 amide bonds. The number of hydrogen-bond donors (Lipinski definition) is 1. The van der Waals surface area contributed by atoms with Crippen LogP contribution >= 0.6 is 0 Å². The molecule has 0 saturated heterocycles. The summed E-state index contributed by atoms with van der Waals surface area (Å²) < 4.78 is 17.4. The van der Waals surface area contributed by atoms with Crippen LogP contribution in [0.15, 0.2) is 90.0 Å². The van der Waals surface area contributed by atoms with Gasteiger partial charge in [-0.3, -0.25) is 4.79 Å². The lowest BCUT2D eigenvalue weighted by atomic mass is 10.1. The molecule has 35 heavy (non-hydrogen) atoms. The molecule has 6 heteroatoms. The summed E-state index contributed by atoms with van der Waals surface area (Å²) in [5.74, 6) is -0.601. The van der Waals surface area contributed by atoms with Gasteiger partial charge in [0.05, 0.1) is 17.5 Å². The predicted molar refractivity (Wildman–Crippen MR) is 139 cm³/mol. The Morgan fingerprint density at radius 1 is 0.943 bits per heavy atom. The van der Waals surface area contributed by atoms with Gasteiger partial charge in [0, 0.05) is 40.6 Å². The summed E-state index contributed by atoms with van der Waals surface area (Å²) in [6.07, 6.45) is 1.71. The molecule has 0 radical (unpaired) electrons. The van der Waals surface area contributed by atoms with Crippen LogP contribution in [0.1, 0.15) is 27.3 Å². The smallest absolute Gasteiger partial charge is 0.273 e. The molecule has 3 aromatic carbocycles. The van der Waals surface area contributed by atoms with Crippen LogP contribution in [0.5, 0.6) is 0 Å². The van der Waals surface area contributed by atoms with Gasteiger partial charge in [-0.15, -0.1) is 0 Å². The van der Waals surface area contributed by atoms with E-state index in [4.69, 9.17) is 0 Å². The van der Waals surface area contributed by atoms with Gasteiger partial charge >= 0.3 is 0 Å². The van der Waals surface area contributed by atoms with Crippen LogP contribution in [0.2, 0.25) is 0 Å². The maximum absolute atomic E-state index is 13.4. The van der Waals surface area contributed by atoms with Crippen LogP contribution in [0.3, 0.4) is 0 Å². The van der Waals surface area contributed by atoms with Gasteiger partial charge in [0.25, 0.3) is 5.91 Å². The van der Waals surface area contributed by atoms with Gasteiger partial charge in [-0.25, -0.2) is 9.82 Å². The first-order valence-electron chi connectivity index (χ1n) is 11.4. The third-order valence-corrected chi connectivity index (χ3v) is 6.31. The average molecular weight is 465 g/mol. The van der Waals surface area contributed by atoms with Crippen LogP contribution in [0.25, 0.3) is 27.8 Å². The zero-order valence-corrected chi connectivity index (χ0v) is 19.8. The van der Waals surface area contributed by atoms with E-state index < -0.39 is 0 Å². The molecular formula is C29H25FN4O. The number of benzene rings is 3. The largest absolute Gasteiger partial charge is 0.343 e. The number of rotatable bonds is 5. The van der Waals surface area contributed by atoms with Crippen LogP contribution in [0.4, 0.5) is 4.39 Å². The van der Waals surface area contributed by atoms with Gasteiger partial charge in [0.1, 0.15) is 5.82 Å². The quantitative estimate of drug-likeness (QED) is 0.246. The number of hydrogen-bond acceptors (Lipinski definition) is 2. The molecule has 5 aromatic rings. The zero-order chi connectivity index (χ0) is 24.5. The Morgan fingerprint density at radius 2 is 1.63 bits per heavy atom. The van der Waals surface area contributed by atoms with Crippen LogP contribution in [-0.4, -0.2) is 21.3 Å². The number of fused-ring (bicyclic) bond motifs is 1. The third-order valence-electron chi connectivity index (χ3n) is 6.31. The number of nitrogens with one attached hydrogen (secondary N) is 1. The Kier molecular flexibility index (Phi) is 5.79. The van der Waals surface area contributed by atoms with Gasteiger partial charge in [-0.1, -0.05) is 48.5 Å². The van der Waals surface area contributed by atoms with E-state index in [-0.39, 0.29) is 11.7 Å². The van der Waals surface area contributed by atoms with Crippen molar-refractivity contribution in [2.24, 2.45) is 12.1 Å². The molecule has 0 saturated carbocycles. The molecule has 0 unspecified atom stereocenters. The van der Waals surface area contributed by atoms with Crippen LogP contribution in [-0.2, 0) is 7.05 Å². The summed E-state index contributed by atoms with van der Waals surface area (Å²) >= 11 is 0. The maximum atomic E-state index is 13.4. The Labute approximate surface area is 203 Å². The van der Waals surface area contributed by atoms with Gasteiger partial charge in [-0.2, -0.15) is 5.10 Å². The van der Waals surface area contributed by atoms with Crippen molar-refractivity contribution in [3.8, 4) is 16.9 Å². The van der Waals surface area contributed by atoms with Crippen molar-refractivity contribution in [1.82, 2.24) is 14.6 Å². The van der Waals surface area contributed by atoms with E-state index in [1.54, 1.807) is 18.3 Å².